The molecule has 0 radical (unpaired) electrons. The number of hydrogen-bond acceptors (Lipinski definition) is 6. The van der Waals surface area contributed by atoms with Gasteiger partial charge < -0.3 is 26.8 Å². The van der Waals surface area contributed by atoms with Crippen molar-refractivity contribution in [1.82, 2.24) is 10.2 Å². The van der Waals surface area contributed by atoms with Crippen LogP contribution in [-0.4, -0.2) is 71.6 Å². The molecule has 3 amide bonds. The highest BCUT2D eigenvalue weighted by molar-refractivity contribution is 5.96. The first kappa shape index (κ1) is 30.6. The Hall–Kier alpha value is -2.63. The van der Waals surface area contributed by atoms with Gasteiger partial charge in [-0.15, -0.1) is 0 Å². The summed E-state index contributed by atoms with van der Waals surface area (Å²) < 4.78 is 28.7. The van der Waals surface area contributed by atoms with Crippen LogP contribution in [0, 0.1) is 28.9 Å². The molecule has 9 nitrogen and oxygen atoms in total. The standard InChI is InChI=1S/C26H41F2N5O4/c1-15(2)16(23(36)31-13-25(3,4)24(30)37)10-20(34)19(29)11-32-12-21(35)33(14-26(32,5)6)22-17(27)8-7-9-18(22)28/h7-9,15-16,19-20,34H,10-14,29H2,1-6H3,(H2,30,37)(H,31,36)/t16-,19-,20-/m0/s1. The molecule has 208 valence electrons. The Morgan fingerprint density at radius 2 is 1.78 bits per heavy atom. The Kier molecular flexibility index (Phi) is 9.78. The van der Waals surface area contributed by atoms with Crippen LogP contribution < -0.4 is 21.7 Å². The quantitative estimate of drug-likeness (QED) is 0.344. The predicted octanol–water partition coefficient (Wildman–Crippen LogP) is 1.37. The number of hydrogen-bond donors (Lipinski definition) is 4. The lowest BCUT2D eigenvalue weighted by molar-refractivity contribution is -0.130. The maximum atomic E-state index is 14.3. The molecule has 0 unspecified atom stereocenters. The fourth-order valence-electron chi connectivity index (χ4n) is 4.32. The molecule has 1 heterocycles. The number of anilines is 1. The van der Waals surface area contributed by atoms with Crippen LogP contribution in [-0.2, 0) is 14.4 Å². The van der Waals surface area contributed by atoms with Gasteiger partial charge in [0.25, 0.3) is 0 Å². The Balaban J connectivity index is 2.06. The molecule has 1 saturated heterocycles. The van der Waals surface area contributed by atoms with Crippen LogP contribution in [0.1, 0.15) is 48.0 Å². The Morgan fingerprint density at radius 3 is 2.30 bits per heavy atom. The molecule has 1 aliphatic rings. The van der Waals surface area contributed by atoms with Crippen molar-refractivity contribution in [1.29, 1.82) is 0 Å². The van der Waals surface area contributed by atoms with Crippen LogP contribution in [0.25, 0.3) is 0 Å². The number of carbonyl (C=O) groups excluding carboxylic acids is 3. The maximum Gasteiger partial charge on any atom is 0.241 e. The second-order valence-corrected chi connectivity index (χ2v) is 11.5. The van der Waals surface area contributed by atoms with Gasteiger partial charge in [0.05, 0.1) is 18.1 Å². The van der Waals surface area contributed by atoms with Crippen molar-refractivity contribution in [2.24, 2.45) is 28.7 Å². The number of primary amides is 1. The lowest BCUT2D eigenvalue weighted by atomic mass is 9.86. The van der Waals surface area contributed by atoms with Gasteiger partial charge in [-0.05, 0) is 52.2 Å². The molecule has 1 aromatic rings. The molecule has 3 atom stereocenters. The Bertz CT molecular complexity index is 981. The number of rotatable bonds is 11. The van der Waals surface area contributed by atoms with Crippen LogP contribution in [0.5, 0.6) is 0 Å². The summed E-state index contributed by atoms with van der Waals surface area (Å²) in [6, 6.07) is 2.66. The number of piperazine rings is 1. The summed E-state index contributed by atoms with van der Waals surface area (Å²) >= 11 is 0. The fourth-order valence-corrected chi connectivity index (χ4v) is 4.32. The molecule has 1 aliphatic heterocycles. The molecule has 0 aliphatic carbocycles. The summed E-state index contributed by atoms with van der Waals surface area (Å²) in [6.07, 6.45) is -0.980. The average Bonchev–Trinajstić information content (AvgIpc) is 2.78. The second kappa shape index (κ2) is 11.8. The zero-order chi connectivity index (χ0) is 28.3. The largest absolute Gasteiger partial charge is 0.391 e. The summed E-state index contributed by atoms with van der Waals surface area (Å²) in [7, 11) is 0. The van der Waals surface area contributed by atoms with E-state index in [1.807, 2.05) is 27.7 Å². The van der Waals surface area contributed by atoms with E-state index in [1.54, 1.807) is 18.7 Å². The smallest absolute Gasteiger partial charge is 0.241 e. The number of aliphatic hydroxyl groups is 1. The first-order valence-electron chi connectivity index (χ1n) is 12.5. The molecule has 6 N–H and O–H groups in total. The van der Waals surface area contributed by atoms with E-state index in [0.29, 0.717) is 0 Å². The van der Waals surface area contributed by atoms with Crippen molar-refractivity contribution in [2.75, 3.05) is 31.1 Å². The molecule has 37 heavy (non-hydrogen) atoms. The van der Waals surface area contributed by atoms with E-state index >= 15 is 0 Å². The Morgan fingerprint density at radius 1 is 1.22 bits per heavy atom. The van der Waals surface area contributed by atoms with Gasteiger partial charge in [0.15, 0.2) is 0 Å². The normalized spacial score (nSPS) is 19.0. The van der Waals surface area contributed by atoms with Gasteiger partial charge in [0.1, 0.15) is 17.3 Å². The molecule has 1 fully saturated rings. The maximum absolute atomic E-state index is 14.3. The van der Waals surface area contributed by atoms with Crippen molar-refractivity contribution in [3.63, 3.8) is 0 Å². The number of amides is 3. The van der Waals surface area contributed by atoms with Crippen LogP contribution in [0.15, 0.2) is 18.2 Å². The van der Waals surface area contributed by atoms with E-state index < -0.39 is 52.5 Å². The molecule has 0 bridgehead atoms. The number of nitrogens with zero attached hydrogens (tertiary/aromatic N) is 2. The van der Waals surface area contributed by atoms with Crippen LogP contribution in [0.2, 0.25) is 0 Å². The summed E-state index contributed by atoms with van der Waals surface area (Å²) in [5.41, 5.74) is 9.69. The summed E-state index contributed by atoms with van der Waals surface area (Å²) in [5, 5.41) is 13.6. The van der Waals surface area contributed by atoms with Gasteiger partial charge >= 0.3 is 0 Å². The number of aliphatic hydroxyl groups excluding tert-OH is 1. The van der Waals surface area contributed by atoms with Gasteiger partial charge in [-0.3, -0.25) is 19.3 Å². The van der Waals surface area contributed by atoms with Crippen molar-refractivity contribution < 1.29 is 28.3 Å². The highest BCUT2D eigenvalue weighted by atomic mass is 19.1. The molecular formula is C26H41F2N5O4. The van der Waals surface area contributed by atoms with E-state index in [4.69, 9.17) is 11.5 Å². The van der Waals surface area contributed by atoms with Gasteiger partial charge in [-0.2, -0.15) is 0 Å². The van der Waals surface area contributed by atoms with Crippen LogP contribution in [0.3, 0.4) is 0 Å². The lowest BCUT2D eigenvalue weighted by Gasteiger charge is -2.47. The number of nitrogens with one attached hydrogen (secondary N) is 1. The molecule has 11 heteroatoms. The zero-order valence-corrected chi connectivity index (χ0v) is 22.6. The monoisotopic (exact) mass is 525 g/mol. The second-order valence-electron chi connectivity index (χ2n) is 11.5. The highest BCUT2D eigenvalue weighted by Crippen LogP contribution is 2.31. The molecule has 0 aromatic heterocycles. The topological polar surface area (TPSA) is 142 Å². The van der Waals surface area contributed by atoms with E-state index in [9.17, 15) is 28.3 Å². The Labute approximate surface area is 217 Å². The number of carbonyl (C=O) groups is 3. The van der Waals surface area contributed by atoms with Gasteiger partial charge in [-0.25, -0.2) is 8.78 Å². The SMILES string of the molecule is CC(C)[C@H](C[C@H](O)[C@@H](N)CN1CC(=O)N(c2c(F)cccc2F)CC1(C)C)C(=O)NCC(C)(C)C(N)=O. The van der Waals surface area contributed by atoms with Gasteiger partial charge in [0.2, 0.25) is 17.7 Å². The van der Waals surface area contributed by atoms with Crippen molar-refractivity contribution in [2.45, 2.75) is 65.6 Å². The van der Waals surface area contributed by atoms with Crippen molar-refractivity contribution >= 4 is 23.4 Å². The number of benzene rings is 1. The predicted molar refractivity (Wildman–Crippen MR) is 137 cm³/mol. The number of para-hydroxylation sites is 1. The molecule has 2 rings (SSSR count). The third-order valence-electron chi connectivity index (χ3n) is 7.17. The number of halogens is 2. The van der Waals surface area contributed by atoms with E-state index in [-0.39, 0.29) is 50.1 Å². The van der Waals surface area contributed by atoms with E-state index in [1.165, 1.54) is 6.07 Å². The average molecular weight is 526 g/mol. The molecular weight excluding hydrogens is 484 g/mol. The fraction of sp³-hybridized carbons (Fsp3) is 0.654. The summed E-state index contributed by atoms with van der Waals surface area (Å²) in [5.74, 6) is -3.65. The summed E-state index contributed by atoms with van der Waals surface area (Å²) in [6.45, 7) is 10.7. The van der Waals surface area contributed by atoms with Crippen LogP contribution >= 0.6 is 0 Å². The van der Waals surface area contributed by atoms with E-state index in [0.717, 1.165) is 17.0 Å². The minimum atomic E-state index is -1.06. The first-order chi connectivity index (χ1) is 17.0. The highest BCUT2D eigenvalue weighted by Gasteiger charge is 2.41. The van der Waals surface area contributed by atoms with Crippen molar-refractivity contribution in [3.05, 3.63) is 29.8 Å². The first-order valence-corrected chi connectivity index (χ1v) is 12.5. The molecule has 1 aromatic carbocycles. The molecule has 0 spiro atoms. The minimum absolute atomic E-state index is 0.0270. The third kappa shape index (κ3) is 7.45. The molecule has 0 saturated carbocycles. The van der Waals surface area contributed by atoms with Gasteiger partial charge in [-0.1, -0.05) is 19.9 Å². The third-order valence-corrected chi connectivity index (χ3v) is 7.17. The number of nitrogens with two attached hydrogens (primary N) is 2. The van der Waals surface area contributed by atoms with E-state index in [2.05, 4.69) is 5.32 Å². The minimum Gasteiger partial charge on any atom is -0.391 e. The van der Waals surface area contributed by atoms with Crippen molar-refractivity contribution in [3.8, 4) is 0 Å². The lowest BCUT2D eigenvalue weighted by Crippen LogP contribution is -2.64. The van der Waals surface area contributed by atoms with Crippen LogP contribution in [0.4, 0.5) is 14.5 Å². The zero-order valence-electron chi connectivity index (χ0n) is 22.6. The van der Waals surface area contributed by atoms with Gasteiger partial charge in [0, 0.05) is 37.1 Å². The summed E-state index contributed by atoms with van der Waals surface area (Å²) in [4.78, 5) is 40.1.